The Morgan fingerprint density at radius 2 is 2.14 bits per heavy atom. The van der Waals surface area contributed by atoms with Crippen molar-refractivity contribution in [2.24, 2.45) is 7.05 Å². The number of anilines is 2. The van der Waals surface area contributed by atoms with E-state index in [0.29, 0.717) is 17.1 Å². The molecule has 2 heterocycles. The highest BCUT2D eigenvalue weighted by atomic mass is 16.5. The molecule has 192 valence electrons. The first-order valence-electron chi connectivity index (χ1n) is 17.3. The summed E-state index contributed by atoms with van der Waals surface area (Å²) in [6, 6.07) is 11.2. The number of hydrogen-bond acceptors (Lipinski definition) is 6. The highest BCUT2D eigenvalue weighted by Gasteiger charge is 2.17. The molecule has 0 fully saturated rings. The number of nitrogens with one attached hydrogen (secondary N) is 1. The van der Waals surface area contributed by atoms with Gasteiger partial charge in [-0.05, 0) is 38.2 Å². The Balaban J connectivity index is 1.82. The molecule has 0 saturated heterocycles. The molecule has 1 N–H and O–H groups in total. The Bertz CT molecular complexity index is 1850. The highest BCUT2D eigenvalue weighted by Crippen LogP contribution is 2.35. The van der Waals surface area contributed by atoms with Gasteiger partial charge >= 0.3 is 0 Å². The van der Waals surface area contributed by atoms with E-state index in [-0.39, 0.29) is 28.4 Å². The minimum atomic E-state index is -3.09. The summed E-state index contributed by atoms with van der Waals surface area (Å²) in [7, 11) is 3.25. The van der Waals surface area contributed by atoms with Crippen LogP contribution in [-0.2, 0) is 18.3 Å². The molecule has 2 aromatic carbocycles. The van der Waals surface area contributed by atoms with Gasteiger partial charge in [-0.1, -0.05) is 24.7 Å². The highest BCUT2D eigenvalue weighted by molar-refractivity contribution is 6.01. The molecule has 0 aliphatic heterocycles. The van der Waals surface area contributed by atoms with Gasteiger partial charge in [0.1, 0.15) is 11.6 Å². The second-order valence-electron chi connectivity index (χ2n) is 8.27. The van der Waals surface area contributed by atoms with Crippen molar-refractivity contribution in [3.63, 3.8) is 0 Å². The molecule has 2 aromatic heterocycles. The summed E-state index contributed by atoms with van der Waals surface area (Å²) in [5.41, 5.74) is 2.46. The smallest absolute Gasteiger partial charge is 0.247 e. The minimum absolute atomic E-state index is 0.0241. The van der Waals surface area contributed by atoms with Gasteiger partial charge in [0.2, 0.25) is 5.91 Å². The van der Waals surface area contributed by atoms with Gasteiger partial charge < -0.3 is 24.4 Å². The Morgan fingerprint density at radius 3 is 2.92 bits per heavy atom. The first kappa shape index (κ1) is 14.5. The third-order valence-electron chi connectivity index (χ3n) is 5.83. The van der Waals surface area contributed by atoms with Crippen LogP contribution in [0.15, 0.2) is 67.4 Å². The van der Waals surface area contributed by atoms with Crippen LogP contribution in [0.2, 0.25) is 0 Å². The van der Waals surface area contributed by atoms with E-state index in [2.05, 4.69) is 10.3 Å². The van der Waals surface area contributed by atoms with Gasteiger partial charge in [-0.3, -0.25) is 4.79 Å². The average molecular weight is 511 g/mol. The first-order chi connectivity index (χ1) is 22.7. The number of nitrogens with zero attached hydrogens (tertiary/aromatic N) is 5. The number of benzene rings is 2. The van der Waals surface area contributed by atoms with Crippen LogP contribution in [0.25, 0.3) is 22.2 Å². The van der Waals surface area contributed by atoms with Crippen molar-refractivity contribution in [1.82, 2.24) is 19.4 Å². The maximum atomic E-state index is 12.9. The van der Waals surface area contributed by atoms with E-state index in [1.54, 1.807) is 12.3 Å². The van der Waals surface area contributed by atoms with E-state index in [4.69, 9.17) is 26.2 Å². The van der Waals surface area contributed by atoms with Crippen LogP contribution in [0.3, 0.4) is 0 Å². The van der Waals surface area contributed by atoms with E-state index in [9.17, 15) is 4.79 Å². The second-order valence-corrected chi connectivity index (χ2v) is 8.27. The number of hydrogen-bond donors (Lipinski definition) is 1. The zero-order chi connectivity index (χ0) is 36.5. The number of para-hydroxylation sites is 1. The second kappa shape index (κ2) is 11.3. The third-order valence-corrected chi connectivity index (χ3v) is 5.83. The fourth-order valence-electron chi connectivity index (χ4n) is 4.09. The van der Waals surface area contributed by atoms with E-state index < -0.39 is 52.5 Å². The van der Waals surface area contributed by atoms with Crippen LogP contribution in [0, 0.1) is 0 Å². The Labute approximate surface area is 235 Å². The molecule has 0 spiro atoms. The van der Waals surface area contributed by atoms with E-state index in [1.807, 2.05) is 42.1 Å². The lowest BCUT2D eigenvalue weighted by molar-refractivity contribution is -0.111. The summed E-state index contributed by atoms with van der Waals surface area (Å²) in [5, 5.41) is 3.36. The SMILES string of the molecule is [2H]C([2H])=C([2H])C(=O)Nc1cc(Cc2nccc(-c3cn(C)c4ccccc34)n2)c(OC)cc1N(CCN(C([2H])([2H])[2H])C([2H])([2H])[2H])C([2H])([2H])[2H]. The van der Waals surface area contributed by atoms with Crippen molar-refractivity contribution in [2.75, 3.05) is 51.3 Å². The molecule has 0 aliphatic rings. The fourth-order valence-corrected chi connectivity index (χ4v) is 4.09. The summed E-state index contributed by atoms with van der Waals surface area (Å²) in [6.07, 6.45) is 3.56. The van der Waals surface area contributed by atoms with Crippen LogP contribution in [0.5, 0.6) is 5.75 Å². The number of methoxy groups -OCH3 is 1. The number of aromatic nitrogens is 3. The zero-order valence-electron chi connectivity index (χ0n) is 32.4. The predicted molar refractivity (Wildman–Crippen MR) is 150 cm³/mol. The van der Waals surface area contributed by atoms with E-state index in [0.717, 1.165) is 21.4 Å². The molecule has 0 radical (unpaired) electrons. The topological polar surface area (TPSA) is 75.5 Å². The largest absolute Gasteiger partial charge is 0.496 e. The molecule has 0 saturated carbocycles. The third kappa shape index (κ3) is 5.81. The average Bonchev–Trinajstić information content (AvgIpc) is 3.34. The van der Waals surface area contributed by atoms with Crippen LogP contribution in [0.4, 0.5) is 11.4 Å². The standard InChI is InChI=1S/C29H34N6O2/c1-7-29(36)32-24-16-20(27(37-6)18-26(24)34(4)15-14-33(2)3)17-28-30-13-12-23(31-28)22-19-35(5)25-11-9-8-10-21(22)25/h7-13,16,18-19H,1,14-15,17H2,2-6H3,(H,32,36)/i1D2,2D3,3D3,4D3,7D. The summed E-state index contributed by atoms with van der Waals surface area (Å²) in [6.45, 7) is -11.7. The van der Waals surface area contributed by atoms with Gasteiger partial charge in [-0.15, -0.1) is 0 Å². The molecule has 0 bridgehead atoms. The summed E-state index contributed by atoms with van der Waals surface area (Å²) in [4.78, 5) is 22.9. The van der Waals surface area contributed by atoms with Gasteiger partial charge in [-0.25, -0.2) is 9.97 Å². The van der Waals surface area contributed by atoms with Crippen LogP contribution in [-0.4, -0.2) is 66.5 Å². The lowest BCUT2D eigenvalue weighted by Gasteiger charge is -2.25. The molecule has 37 heavy (non-hydrogen) atoms. The molecule has 0 atom stereocenters. The Kier molecular flexibility index (Phi) is 4.43. The normalized spacial score (nSPS) is 16.7. The van der Waals surface area contributed by atoms with Crippen LogP contribution >= 0.6 is 0 Å². The maximum Gasteiger partial charge on any atom is 0.247 e. The molecular weight excluding hydrogens is 464 g/mol. The lowest BCUT2D eigenvalue weighted by Crippen LogP contribution is -2.29. The van der Waals surface area contributed by atoms with Gasteiger partial charge in [0.25, 0.3) is 0 Å². The number of amides is 1. The fraction of sp³-hybridized carbons (Fsp3) is 0.276. The number of carbonyl (C=O) groups is 1. The van der Waals surface area contributed by atoms with Crippen molar-refractivity contribution in [1.29, 1.82) is 0 Å². The van der Waals surface area contributed by atoms with Gasteiger partial charge in [0.15, 0.2) is 0 Å². The molecule has 0 aliphatic carbocycles. The first-order valence-corrected chi connectivity index (χ1v) is 11.3. The van der Waals surface area contributed by atoms with Crippen LogP contribution < -0.4 is 15.0 Å². The quantitative estimate of drug-likeness (QED) is 0.320. The lowest BCUT2D eigenvalue weighted by atomic mass is 10.1. The molecule has 8 heteroatoms. The number of ether oxygens (including phenoxy) is 1. The zero-order valence-corrected chi connectivity index (χ0v) is 20.4. The summed E-state index contributed by atoms with van der Waals surface area (Å²) < 4.78 is 101. The number of likely N-dealkylation sites (N-methyl/N-ethyl adjacent to an activating group) is 2. The van der Waals surface area contributed by atoms with Gasteiger partial charge in [0, 0.05) is 86.4 Å². The number of rotatable bonds is 10. The number of carbonyl (C=O) groups excluding carboxylic acids is 1. The minimum Gasteiger partial charge on any atom is -0.496 e. The van der Waals surface area contributed by atoms with Crippen LogP contribution in [0.1, 0.15) is 27.8 Å². The number of aryl methyl sites for hydroxylation is 1. The Hall–Kier alpha value is -4.17. The Morgan fingerprint density at radius 1 is 1.27 bits per heavy atom. The van der Waals surface area contributed by atoms with Crippen molar-refractivity contribution >= 4 is 28.2 Å². The summed E-state index contributed by atoms with van der Waals surface area (Å²) >= 11 is 0. The van der Waals surface area contributed by atoms with Gasteiger partial charge in [0.05, 0.1) is 28.3 Å². The van der Waals surface area contributed by atoms with Crippen molar-refractivity contribution in [2.45, 2.75) is 6.42 Å². The molecule has 1 amide bonds. The molecule has 8 nitrogen and oxygen atoms in total. The van der Waals surface area contributed by atoms with Gasteiger partial charge in [-0.2, -0.15) is 0 Å². The maximum absolute atomic E-state index is 12.9. The molecular formula is C29H34N6O2. The van der Waals surface area contributed by atoms with E-state index >= 15 is 0 Å². The van der Waals surface area contributed by atoms with Crippen molar-refractivity contribution < 1.29 is 26.0 Å². The molecule has 0 unspecified atom stereocenters. The van der Waals surface area contributed by atoms with Crippen molar-refractivity contribution in [3.8, 4) is 17.0 Å². The molecule has 4 aromatic rings. The predicted octanol–water partition coefficient (Wildman–Crippen LogP) is 4.36. The summed E-state index contributed by atoms with van der Waals surface area (Å²) in [5.74, 6) is -0.718. The monoisotopic (exact) mass is 510 g/mol. The molecule has 4 rings (SSSR count). The number of fused-ring (bicyclic) bond motifs is 1. The van der Waals surface area contributed by atoms with E-state index in [1.165, 1.54) is 19.2 Å². The van der Waals surface area contributed by atoms with Crippen molar-refractivity contribution in [3.05, 3.63) is 78.8 Å².